The number of hydrogen-bond acceptors (Lipinski definition) is 6. The van der Waals surface area contributed by atoms with E-state index in [0.717, 1.165) is 11.5 Å². The molecule has 0 aliphatic carbocycles. The van der Waals surface area contributed by atoms with Gasteiger partial charge in [0.1, 0.15) is 17.8 Å². The molecule has 0 aromatic carbocycles. The number of rotatable bonds is 3. The van der Waals surface area contributed by atoms with Crippen LogP contribution in [0.15, 0.2) is 22.9 Å². The highest BCUT2D eigenvalue weighted by Gasteiger charge is 2.21. The van der Waals surface area contributed by atoms with Gasteiger partial charge in [-0.25, -0.2) is 9.97 Å². The molecule has 0 saturated carbocycles. The number of nitrogen functional groups attached to an aromatic ring is 1. The van der Waals surface area contributed by atoms with Gasteiger partial charge < -0.3 is 14.9 Å². The fraction of sp³-hybridized carbons (Fsp3) is 0.308. The molecule has 104 valence electrons. The first-order valence-corrected chi connectivity index (χ1v) is 6.20. The second kappa shape index (κ2) is 4.52. The van der Waals surface area contributed by atoms with Gasteiger partial charge in [0.15, 0.2) is 11.2 Å². The van der Waals surface area contributed by atoms with E-state index in [-0.39, 0.29) is 6.04 Å². The Morgan fingerprint density at radius 3 is 2.80 bits per heavy atom. The Balaban J connectivity index is 2.18. The fourth-order valence-electron chi connectivity index (χ4n) is 2.24. The molecule has 3 heterocycles. The summed E-state index contributed by atoms with van der Waals surface area (Å²) in [5.41, 5.74) is 7.17. The van der Waals surface area contributed by atoms with Crippen molar-refractivity contribution in [2.24, 2.45) is 0 Å². The van der Waals surface area contributed by atoms with Crippen LogP contribution >= 0.6 is 0 Å². The second-order valence-electron chi connectivity index (χ2n) is 4.52. The average Bonchev–Trinajstić information content (AvgIpc) is 3.00. The van der Waals surface area contributed by atoms with Crippen LogP contribution in [0.25, 0.3) is 11.2 Å². The van der Waals surface area contributed by atoms with Gasteiger partial charge in [0.05, 0.1) is 13.2 Å². The summed E-state index contributed by atoms with van der Waals surface area (Å²) in [6.07, 6.45) is 1.43. The molecule has 0 fully saturated rings. The summed E-state index contributed by atoms with van der Waals surface area (Å²) in [5, 5.41) is 0. The SMILES string of the molecule is COc1ncnc2c1nc(N)n2C(C)c1ccc(C)o1. The topological polar surface area (TPSA) is 92.0 Å². The molecule has 20 heavy (non-hydrogen) atoms. The number of fused-ring (bicyclic) bond motifs is 1. The number of nitrogens with two attached hydrogens (primary N) is 1. The lowest BCUT2D eigenvalue weighted by Gasteiger charge is -2.12. The standard InChI is InChI=1S/C13H15N5O2/c1-7-4-5-9(20-7)8(2)18-11-10(17-13(18)14)12(19-3)16-6-15-11/h4-6,8H,1-3H3,(H2,14,17). The maximum absolute atomic E-state index is 6.01. The van der Waals surface area contributed by atoms with Crippen molar-refractivity contribution in [1.29, 1.82) is 0 Å². The van der Waals surface area contributed by atoms with Crippen LogP contribution in [0.3, 0.4) is 0 Å². The number of nitrogens with zero attached hydrogens (tertiary/aromatic N) is 4. The molecular formula is C13H15N5O2. The van der Waals surface area contributed by atoms with Crippen molar-refractivity contribution < 1.29 is 9.15 Å². The van der Waals surface area contributed by atoms with Crippen molar-refractivity contribution >= 4 is 17.1 Å². The molecule has 7 nitrogen and oxygen atoms in total. The van der Waals surface area contributed by atoms with Crippen LogP contribution < -0.4 is 10.5 Å². The summed E-state index contributed by atoms with van der Waals surface area (Å²) in [6, 6.07) is 3.72. The molecule has 0 aliphatic heterocycles. The van der Waals surface area contributed by atoms with E-state index in [2.05, 4.69) is 15.0 Å². The third kappa shape index (κ3) is 1.78. The van der Waals surface area contributed by atoms with Crippen LogP contribution in [0.5, 0.6) is 5.88 Å². The number of hydrogen-bond donors (Lipinski definition) is 1. The molecule has 0 radical (unpaired) electrons. The van der Waals surface area contributed by atoms with E-state index in [1.165, 1.54) is 13.4 Å². The third-order valence-corrected chi connectivity index (χ3v) is 3.22. The monoisotopic (exact) mass is 273 g/mol. The van der Waals surface area contributed by atoms with Crippen LogP contribution in [0.2, 0.25) is 0 Å². The third-order valence-electron chi connectivity index (χ3n) is 3.22. The zero-order chi connectivity index (χ0) is 14.3. The van der Waals surface area contributed by atoms with Gasteiger partial charge >= 0.3 is 0 Å². The van der Waals surface area contributed by atoms with E-state index in [1.54, 1.807) is 4.57 Å². The Morgan fingerprint density at radius 2 is 2.15 bits per heavy atom. The number of ether oxygens (including phenoxy) is 1. The van der Waals surface area contributed by atoms with Gasteiger partial charge in [-0.1, -0.05) is 0 Å². The first-order chi connectivity index (χ1) is 9.61. The van der Waals surface area contributed by atoms with E-state index in [9.17, 15) is 0 Å². The van der Waals surface area contributed by atoms with Crippen molar-refractivity contribution in [3.05, 3.63) is 30.0 Å². The first kappa shape index (κ1) is 12.5. The number of furan rings is 1. The van der Waals surface area contributed by atoms with E-state index >= 15 is 0 Å². The second-order valence-corrected chi connectivity index (χ2v) is 4.52. The van der Waals surface area contributed by atoms with E-state index in [4.69, 9.17) is 14.9 Å². The van der Waals surface area contributed by atoms with Crippen LogP contribution in [-0.4, -0.2) is 26.6 Å². The number of aryl methyl sites for hydroxylation is 1. The maximum atomic E-state index is 6.01. The molecule has 1 atom stereocenters. The van der Waals surface area contributed by atoms with E-state index in [0.29, 0.717) is 23.0 Å². The van der Waals surface area contributed by atoms with Gasteiger partial charge in [-0.15, -0.1) is 0 Å². The lowest BCUT2D eigenvalue weighted by atomic mass is 10.2. The van der Waals surface area contributed by atoms with Gasteiger partial charge in [-0.3, -0.25) is 4.57 Å². The molecule has 3 aromatic rings. The smallest absolute Gasteiger partial charge is 0.245 e. The van der Waals surface area contributed by atoms with Gasteiger partial charge in [-0.2, -0.15) is 4.98 Å². The molecule has 0 spiro atoms. The number of imidazole rings is 1. The van der Waals surface area contributed by atoms with E-state index in [1.807, 2.05) is 26.0 Å². The normalized spacial score (nSPS) is 12.8. The zero-order valence-corrected chi connectivity index (χ0v) is 11.5. The molecular weight excluding hydrogens is 258 g/mol. The maximum Gasteiger partial charge on any atom is 0.245 e. The minimum atomic E-state index is -0.117. The molecule has 0 aliphatic rings. The summed E-state index contributed by atoms with van der Waals surface area (Å²) in [6.45, 7) is 3.88. The average molecular weight is 273 g/mol. The fourth-order valence-corrected chi connectivity index (χ4v) is 2.24. The Labute approximate surface area is 115 Å². The van der Waals surface area contributed by atoms with E-state index < -0.39 is 0 Å². The molecule has 0 saturated heterocycles. The molecule has 0 amide bonds. The Morgan fingerprint density at radius 1 is 1.35 bits per heavy atom. The quantitative estimate of drug-likeness (QED) is 0.783. The highest BCUT2D eigenvalue weighted by molar-refractivity contribution is 5.79. The van der Waals surface area contributed by atoms with Crippen LogP contribution in [-0.2, 0) is 0 Å². The van der Waals surface area contributed by atoms with Crippen molar-refractivity contribution in [2.45, 2.75) is 19.9 Å². The van der Waals surface area contributed by atoms with Crippen LogP contribution in [0.1, 0.15) is 24.5 Å². The van der Waals surface area contributed by atoms with Gasteiger partial charge in [0.25, 0.3) is 0 Å². The summed E-state index contributed by atoms with van der Waals surface area (Å²) in [4.78, 5) is 12.6. The first-order valence-electron chi connectivity index (χ1n) is 6.20. The highest BCUT2D eigenvalue weighted by Crippen LogP contribution is 2.29. The number of methoxy groups -OCH3 is 1. The summed E-state index contributed by atoms with van der Waals surface area (Å²) in [5.74, 6) is 2.40. The van der Waals surface area contributed by atoms with Gasteiger partial charge in [0.2, 0.25) is 11.8 Å². The molecule has 1 unspecified atom stereocenters. The zero-order valence-electron chi connectivity index (χ0n) is 11.5. The largest absolute Gasteiger partial charge is 0.479 e. The predicted molar refractivity (Wildman–Crippen MR) is 73.5 cm³/mol. The molecule has 7 heteroatoms. The van der Waals surface area contributed by atoms with Crippen molar-refractivity contribution in [2.75, 3.05) is 12.8 Å². The Kier molecular flexibility index (Phi) is 2.81. The molecule has 3 aromatic heterocycles. The molecule has 3 rings (SSSR count). The molecule has 0 bridgehead atoms. The number of anilines is 1. The summed E-state index contributed by atoms with van der Waals surface area (Å²) >= 11 is 0. The summed E-state index contributed by atoms with van der Waals surface area (Å²) in [7, 11) is 1.54. The van der Waals surface area contributed by atoms with Gasteiger partial charge in [-0.05, 0) is 26.0 Å². The lowest BCUT2D eigenvalue weighted by Crippen LogP contribution is -2.10. The van der Waals surface area contributed by atoms with Crippen molar-refractivity contribution in [3.8, 4) is 5.88 Å². The minimum absolute atomic E-state index is 0.117. The van der Waals surface area contributed by atoms with Crippen molar-refractivity contribution in [1.82, 2.24) is 19.5 Å². The Bertz CT molecular complexity index is 761. The predicted octanol–water partition coefficient (Wildman–Crippen LogP) is 1.93. The summed E-state index contributed by atoms with van der Waals surface area (Å²) < 4.78 is 12.6. The Hall–Kier alpha value is -2.57. The minimum Gasteiger partial charge on any atom is -0.479 e. The highest BCUT2D eigenvalue weighted by atomic mass is 16.5. The number of aromatic nitrogens is 4. The lowest BCUT2D eigenvalue weighted by molar-refractivity contribution is 0.401. The van der Waals surface area contributed by atoms with Crippen LogP contribution in [0, 0.1) is 6.92 Å². The molecule has 2 N–H and O–H groups in total. The van der Waals surface area contributed by atoms with Crippen LogP contribution in [0.4, 0.5) is 5.95 Å². The van der Waals surface area contributed by atoms with Gasteiger partial charge in [0, 0.05) is 0 Å². The van der Waals surface area contributed by atoms with Crippen molar-refractivity contribution in [3.63, 3.8) is 0 Å².